The molecule has 2 aromatic heterocycles. The number of carbonyl (C=O) groups is 1. The molecule has 0 fully saturated rings. The Bertz CT molecular complexity index is 602. The fraction of sp³-hybridized carbons (Fsp3) is 0.455. The minimum absolute atomic E-state index is 0.0619. The Morgan fingerprint density at radius 2 is 2.28 bits per heavy atom. The number of nitrogens with two attached hydrogens (primary N) is 1. The molecule has 2 aromatic rings. The summed E-state index contributed by atoms with van der Waals surface area (Å²) in [6.07, 6.45) is 0. The molecule has 0 saturated carbocycles. The summed E-state index contributed by atoms with van der Waals surface area (Å²) >= 11 is 1.34. The lowest BCUT2D eigenvalue weighted by Gasteiger charge is -2.14. The first-order chi connectivity index (χ1) is 8.47. The average molecular weight is 268 g/mol. The molecule has 98 valence electrons. The highest BCUT2D eigenvalue weighted by atomic mass is 32.1. The lowest BCUT2D eigenvalue weighted by molar-refractivity contribution is 0.0772. The number of thiophene rings is 1. The van der Waals surface area contributed by atoms with Crippen molar-refractivity contribution < 1.29 is 9.90 Å². The SMILES string of the molecule is Cc1nn(C)c2sc(C(=O)N(C)CCO)c(N)c12. The van der Waals surface area contributed by atoms with E-state index in [1.54, 1.807) is 11.7 Å². The molecule has 0 unspecified atom stereocenters. The zero-order chi connectivity index (χ0) is 13.4. The molecule has 0 saturated heterocycles. The van der Waals surface area contributed by atoms with Crippen LogP contribution in [0.2, 0.25) is 0 Å². The van der Waals surface area contributed by atoms with Gasteiger partial charge < -0.3 is 15.7 Å². The minimum atomic E-state index is -0.165. The van der Waals surface area contributed by atoms with Crippen LogP contribution in [0.3, 0.4) is 0 Å². The second-order valence-corrected chi connectivity index (χ2v) is 5.18. The Hall–Kier alpha value is -1.60. The molecule has 0 radical (unpaired) electrons. The number of carbonyl (C=O) groups excluding carboxylic acids is 1. The van der Waals surface area contributed by atoms with Crippen molar-refractivity contribution >= 4 is 33.1 Å². The van der Waals surface area contributed by atoms with Crippen LogP contribution in [0.15, 0.2) is 0 Å². The molecule has 0 aliphatic heterocycles. The molecule has 0 spiro atoms. The molecule has 3 N–H and O–H groups in total. The van der Waals surface area contributed by atoms with Crippen molar-refractivity contribution in [2.24, 2.45) is 7.05 Å². The summed E-state index contributed by atoms with van der Waals surface area (Å²) in [6, 6.07) is 0. The molecule has 6 nitrogen and oxygen atoms in total. The van der Waals surface area contributed by atoms with E-state index in [1.165, 1.54) is 16.2 Å². The van der Waals surface area contributed by atoms with Gasteiger partial charge in [-0.3, -0.25) is 9.48 Å². The first-order valence-electron chi connectivity index (χ1n) is 5.55. The molecule has 7 heteroatoms. The van der Waals surface area contributed by atoms with E-state index in [2.05, 4.69) is 5.10 Å². The topological polar surface area (TPSA) is 84.4 Å². The number of hydrogen-bond donors (Lipinski definition) is 2. The number of hydrogen-bond acceptors (Lipinski definition) is 5. The van der Waals surface area contributed by atoms with Gasteiger partial charge in [0.25, 0.3) is 5.91 Å². The molecule has 0 aliphatic rings. The number of aliphatic hydroxyl groups excluding tert-OH is 1. The fourth-order valence-corrected chi connectivity index (χ4v) is 3.09. The molecule has 0 aliphatic carbocycles. The van der Waals surface area contributed by atoms with Gasteiger partial charge in [-0.15, -0.1) is 11.3 Å². The number of aryl methyl sites for hydroxylation is 2. The number of likely N-dealkylation sites (N-methyl/N-ethyl adjacent to an activating group) is 1. The quantitative estimate of drug-likeness (QED) is 0.853. The van der Waals surface area contributed by atoms with E-state index < -0.39 is 0 Å². The van der Waals surface area contributed by atoms with Gasteiger partial charge >= 0.3 is 0 Å². The van der Waals surface area contributed by atoms with Crippen LogP contribution in [0.1, 0.15) is 15.4 Å². The van der Waals surface area contributed by atoms with Crippen LogP contribution in [-0.2, 0) is 7.05 Å². The number of fused-ring (bicyclic) bond motifs is 1. The zero-order valence-electron chi connectivity index (χ0n) is 10.6. The molecular weight excluding hydrogens is 252 g/mol. The van der Waals surface area contributed by atoms with E-state index in [0.717, 1.165) is 15.9 Å². The van der Waals surface area contributed by atoms with Crippen LogP contribution in [-0.4, -0.2) is 45.9 Å². The number of aromatic nitrogens is 2. The van der Waals surface area contributed by atoms with E-state index in [4.69, 9.17) is 10.8 Å². The normalized spacial score (nSPS) is 11.1. The summed E-state index contributed by atoms with van der Waals surface area (Å²) in [4.78, 5) is 15.0. The van der Waals surface area contributed by atoms with Crippen molar-refractivity contribution in [3.8, 4) is 0 Å². The van der Waals surface area contributed by atoms with Crippen LogP contribution >= 0.6 is 11.3 Å². The number of anilines is 1. The Morgan fingerprint density at radius 3 is 2.83 bits per heavy atom. The fourth-order valence-electron chi connectivity index (χ4n) is 1.91. The highest BCUT2D eigenvalue weighted by Gasteiger charge is 2.22. The molecule has 18 heavy (non-hydrogen) atoms. The average Bonchev–Trinajstić information content (AvgIpc) is 2.79. The molecule has 0 atom stereocenters. The largest absolute Gasteiger partial charge is 0.397 e. The van der Waals surface area contributed by atoms with Crippen molar-refractivity contribution in [1.29, 1.82) is 0 Å². The van der Waals surface area contributed by atoms with E-state index in [1.807, 2.05) is 14.0 Å². The van der Waals surface area contributed by atoms with Crippen LogP contribution in [0.5, 0.6) is 0 Å². The Labute approximate surface area is 109 Å². The maximum absolute atomic E-state index is 12.2. The second kappa shape index (κ2) is 4.58. The van der Waals surface area contributed by atoms with Gasteiger partial charge in [0.05, 0.1) is 23.4 Å². The number of nitrogens with zero attached hydrogens (tertiary/aromatic N) is 3. The van der Waals surface area contributed by atoms with Crippen molar-refractivity contribution in [3.63, 3.8) is 0 Å². The summed E-state index contributed by atoms with van der Waals surface area (Å²) < 4.78 is 1.73. The molecular formula is C11H16N4O2S. The van der Waals surface area contributed by atoms with Crippen LogP contribution in [0, 0.1) is 6.92 Å². The third-order valence-electron chi connectivity index (χ3n) is 2.86. The van der Waals surface area contributed by atoms with Crippen molar-refractivity contribution in [1.82, 2.24) is 14.7 Å². The van der Waals surface area contributed by atoms with Crippen molar-refractivity contribution in [2.75, 3.05) is 25.9 Å². The summed E-state index contributed by atoms with van der Waals surface area (Å²) in [5.74, 6) is -0.165. The van der Waals surface area contributed by atoms with Gasteiger partial charge in [0.1, 0.15) is 9.71 Å². The molecule has 0 aromatic carbocycles. The molecule has 0 bridgehead atoms. The van der Waals surface area contributed by atoms with Gasteiger partial charge in [-0.2, -0.15) is 5.10 Å². The standard InChI is InChI=1S/C11H16N4O2S/c1-6-7-8(12)9(10(17)14(2)4-5-16)18-11(7)15(3)13-6/h16H,4-5,12H2,1-3H3. The van der Waals surface area contributed by atoms with E-state index in [-0.39, 0.29) is 12.5 Å². The lowest BCUT2D eigenvalue weighted by Crippen LogP contribution is -2.29. The Balaban J connectivity index is 2.49. The van der Waals surface area contributed by atoms with E-state index >= 15 is 0 Å². The van der Waals surface area contributed by atoms with Gasteiger partial charge in [-0.05, 0) is 6.92 Å². The highest BCUT2D eigenvalue weighted by Crippen LogP contribution is 2.35. The summed E-state index contributed by atoms with van der Waals surface area (Å²) in [5, 5.41) is 14.0. The van der Waals surface area contributed by atoms with Gasteiger partial charge in [0, 0.05) is 20.6 Å². The Morgan fingerprint density at radius 1 is 1.61 bits per heavy atom. The zero-order valence-corrected chi connectivity index (χ0v) is 11.4. The third kappa shape index (κ3) is 1.85. The van der Waals surface area contributed by atoms with Gasteiger partial charge in [0.2, 0.25) is 0 Å². The predicted molar refractivity (Wildman–Crippen MR) is 71.8 cm³/mol. The van der Waals surface area contributed by atoms with Crippen LogP contribution in [0.25, 0.3) is 10.2 Å². The highest BCUT2D eigenvalue weighted by molar-refractivity contribution is 7.21. The van der Waals surface area contributed by atoms with Crippen LogP contribution < -0.4 is 5.73 Å². The molecule has 2 rings (SSSR count). The van der Waals surface area contributed by atoms with E-state index in [0.29, 0.717) is 17.1 Å². The number of amides is 1. The third-order valence-corrected chi connectivity index (χ3v) is 4.12. The maximum atomic E-state index is 12.2. The smallest absolute Gasteiger partial charge is 0.265 e. The number of aliphatic hydroxyl groups is 1. The lowest BCUT2D eigenvalue weighted by atomic mass is 10.2. The Kier molecular flexibility index (Phi) is 3.27. The van der Waals surface area contributed by atoms with E-state index in [9.17, 15) is 4.79 Å². The second-order valence-electron chi connectivity index (χ2n) is 4.18. The predicted octanol–water partition coefficient (Wildman–Crippen LogP) is 0.590. The summed E-state index contributed by atoms with van der Waals surface area (Å²) in [5.41, 5.74) is 7.34. The monoisotopic (exact) mass is 268 g/mol. The maximum Gasteiger partial charge on any atom is 0.265 e. The molecule has 2 heterocycles. The number of nitrogen functional groups attached to an aromatic ring is 1. The van der Waals surface area contributed by atoms with Crippen LogP contribution in [0.4, 0.5) is 5.69 Å². The van der Waals surface area contributed by atoms with Crippen molar-refractivity contribution in [2.45, 2.75) is 6.92 Å². The first kappa shape index (κ1) is 12.8. The number of rotatable bonds is 3. The van der Waals surface area contributed by atoms with Gasteiger partial charge in [-0.1, -0.05) is 0 Å². The first-order valence-corrected chi connectivity index (χ1v) is 6.37. The molecule has 1 amide bonds. The van der Waals surface area contributed by atoms with Gasteiger partial charge in [-0.25, -0.2) is 0 Å². The van der Waals surface area contributed by atoms with Crippen molar-refractivity contribution in [3.05, 3.63) is 10.6 Å². The minimum Gasteiger partial charge on any atom is -0.397 e. The van der Waals surface area contributed by atoms with Gasteiger partial charge in [0.15, 0.2) is 0 Å². The summed E-state index contributed by atoms with van der Waals surface area (Å²) in [7, 11) is 3.48. The summed E-state index contributed by atoms with van der Waals surface area (Å²) in [6.45, 7) is 2.11.